The average Bonchev–Trinajstić information content (AvgIpc) is 2.87. The van der Waals surface area contributed by atoms with E-state index in [-0.39, 0.29) is 0 Å². The maximum atomic E-state index is 9.18. The average molecular weight is 342 g/mol. The van der Waals surface area contributed by atoms with E-state index in [0.717, 1.165) is 29.7 Å². The summed E-state index contributed by atoms with van der Waals surface area (Å²) in [4.78, 5) is 2.29. The third kappa shape index (κ3) is 2.88. The normalized spacial score (nSPS) is 12.9. The fourth-order valence-electron chi connectivity index (χ4n) is 2.69. The molecular formula is C17H16BrN3. The van der Waals surface area contributed by atoms with Gasteiger partial charge in [0, 0.05) is 30.3 Å². The summed E-state index contributed by atoms with van der Waals surface area (Å²) in [5, 5.41) is 12.5. The second-order valence-corrected chi connectivity index (χ2v) is 6.21. The van der Waals surface area contributed by atoms with Crippen molar-refractivity contribution in [3.05, 3.63) is 57.6 Å². The molecule has 0 unspecified atom stereocenters. The van der Waals surface area contributed by atoms with Gasteiger partial charge < -0.3 is 10.2 Å². The van der Waals surface area contributed by atoms with Gasteiger partial charge in [-0.3, -0.25) is 0 Å². The first-order valence-corrected chi connectivity index (χ1v) is 7.73. The molecule has 21 heavy (non-hydrogen) atoms. The lowest BCUT2D eigenvalue weighted by Crippen LogP contribution is -2.12. The van der Waals surface area contributed by atoms with Crippen molar-refractivity contribution in [3.8, 4) is 6.07 Å². The first-order valence-electron chi connectivity index (χ1n) is 6.94. The molecule has 0 bridgehead atoms. The lowest BCUT2D eigenvalue weighted by Gasteiger charge is -2.13. The molecule has 3 rings (SSSR count). The van der Waals surface area contributed by atoms with E-state index in [0.29, 0.717) is 5.56 Å². The van der Waals surface area contributed by atoms with Gasteiger partial charge in [-0.2, -0.15) is 5.26 Å². The number of fused-ring (bicyclic) bond motifs is 1. The van der Waals surface area contributed by atoms with Gasteiger partial charge in [0.25, 0.3) is 0 Å². The Morgan fingerprint density at radius 3 is 2.95 bits per heavy atom. The van der Waals surface area contributed by atoms with Crippen molar-refractivity contribution in [1.29, 1.82) is 5.26 Å². The van der Waals surface area contributed by atoms with E-state index in [4.69, 9.17) is 0 Å². The molecule has 1 N–H and O–H groups in total. The first-order chi connectivity index (χ1) is 10.2. The van der Waals surface area contributed by atoms with E-state index in [1.165, 1.54) is 16.8 Å². The van der Waals surface area contributed by atoms with Crippen LogP contribution in [0.4, 0.5) is 11.4 Å². The zero-order chi connectivity index (χ0) is 14.8. The number of nitriles is 1. The van der Waals surface area contributed by atoms with Gasteiger partial charge in [0.1, 0.15) is 6.07 Å². The summed E-state index contributed by atoms with van der Waals surface area (Å²) in [5.41, 5.74) is 5.52. The van der Waals surface area contributed by atoms with Crippen molar-refractivity contribution in [1.82, 2.24) is 0 Å². The van der Waals surface area contributed by atoms with Crippen LogP contribution in [0, 0.1) is 11.3 Å². The topological polar surface area (TPSA) is 39.1 Å². The molecule has 0 saturated heterocycles. The highest BCUT2D eigenvalue weighted by molar-refractivity contribution is 9.10. The number of nitrogens with one attached hydrogen (secondary N) is 1. The van der Waals surface area contributed by atoms with Gasteiger partial charge in [-0.05, 0) is 41.8 Å². The van der Waals surface area contributed by atoms with Crippen LogP contribution >= 0.6 is 15.9 Å². The number of hydrogen-bond acceptors (Lipinski definition) is 3. The molecule has 1 aliphatic heterocycles. The minimum atomic E-state index is 0.658. The van der Waals surface area contributed by atoms with E-state index in [2.05, 4.69) is 57.5 Å². The molecule has 1 aliphatic rings. The Bertz CT molecular complexity index is 718. The summed E-state index contributed by atoms with van der Waals surface area (Å²) in [6, 6.07) is 14.5. The first kappa shape index (κ1) is 14.0. The predicted octanol–water partition coefficient (Wildman–Crippen LogP) is 3.93. The monoisotopic (exact) mass is 341 g/mol. The van der Waals surface area contributed by atoms with Crippen LogP contribution in [0.2, 0.25) is 0 Å². The third-order valence-electron chi connectivity index (χ3n) is 3.86. The maximum Gasteiger partial charge on any atom is 0.101 e. The molecule has 1 heterocycles. The van der Waals surface area contributed by atoms with Crippen LogP contribution in [-0.4, -0.2) is 13.6 Å². The molecule has 0 fully saturated rings. The Morgan fingerprint density at radius 1 is 1.29 bits per heavy atom. The van der Waals surface area contributed by atoms with E-state index >= 15 is 0 Å². The third-order valence-corrected chi connectivity index (χ3v) is 4.35. The number of nitrogens with zero attached hydrogens (tertiary/aromatic N) is 2. The van der Waals surface area contributed by atoms with E-state index < -0.39 is 0 Å². The van der Waals surface area contributed by atoms with Gasteiger partial charge in [-0.15, -0.1) is 0 Å². The largest absolute Gasteiger partial charge is 0.380 e. The van der Waals surface area contributed by atoms with E-state index in [1.807, 2.05) is 18.2 Å². The number of likely N-dealkylation sites (N-methyl/N-ethyl adjacent to an activating group) is 1. The molecule has 2 aromatic rings. The summed E-state index contributed by atoms with van der Waals surface area (Å²) >= 11 is 3.39. The van der Waals surface area contributed by atoms with Crippen molar-refractivity contribution in [2.45, 2.75) is 13.0 Å². The molecule has 0 radical (unpaired) electrons. The fraction of sp³-hybridized carbons (Fsp3) is 0.235. The quantitative estimate of drug-likeness (QED) is 0.919. The molecule has 0 spiro atoms. The van der Waals surface area contributed by atoms with Crippen molar-refractivity contribution in [3.63, 3.8) is 0 Å². The Hall–Kier alpha value is -1.99. The van der Waals surface area contributed by atoms with Crippen molar-refractivity contribution < 1.29 is 0 Å². The highest BCUT2D eigenvalue weighted by atomic mass is 79.9. The Kier molecular flexibility index (Phi) is 3.85. The highest BCUT2D eigenvalue weighted by Gasteiger charge is 2.15. The second-order valence-electron chi connectivity index (χ2n) is 5.29. The molecule has 0 amide bonds. The summed E-state index contributed by atoms with van der Waals surface area (Å²) in [7, 11) is 2.13. The van der Waals surface area contributed by atoms with Crippen LogP contribution < -0.4 is 10.2 Å². The summed E-state index contributed by atoms with van der Waals surface area (Å²) in [5.74, 6) is 0. The van der Waals surface area contributed by atoms with Crippen LogP contribution in [0.5, 0.6) is 0 Å². The summed E-state index contributed by atoms with van der Waals surface area (Å²) < 4.78 is 0.921. The van der Waals surface area contributed by atoms with Crippen LogP contribution in [0.25, 0.3) is 0 Å². The minimum absolute atomic E-state index is 0.658. The molecule has 0 atom stereocenters. The van der Waals surface area contributed by atoms with Crippen molar-refractivity contribution in [2.24, 2.45) is 0 Å². The zero-order valence-corrected chi connectivity index (χ0v) is 13.4. The number of benzene rings is 2. The standard InChI is InChI=1S/C17H16BrN3/c1-21-7-6-13-8-12(2-5-17(13)21)11-20-16-4-3-15(18)9-14(16)10-19/h2-5,8-9,20H,6-7,11H2,1H3. The molecular weight excluding hydrogens is 326 g/mol. The molecule has 0 aliphatic carbocycles. The van der Waals surface area contributed by atoms with Crippen LogP contribution in [0.15, 0.2) is 40.9 Å². The zero-order valence-electron chi connectivity index (χ0n) is 11.9. The summed E-state index contributed by atoms with van der Waals surface area (Å²) in [6.45, 7) is 1.82. The molecule has 3 nitrogen and oxygen atoms in total. The molecule has 2 aromatic carbocycles. The molecule has 0 saturated carbocycles. The lowest BCUT2D eigenvalue weighted by atomic mass is 10.1. The van der Waals surface area contributed by atoms with Gasteiger partial charge in [0.2, 0.25) is 0 Å². The van der Waals surface area contributed by atoms with Crippen LogP contribution in [0.3, 0.4) is 0 Å². The van der Waals surface area contributed by atoms with Crippen molar-refractivity contribution in [2.75, 3.05) is 23.8 Å². The lowest BCUT2D eigenvalue weighted by molar-refractivity contribution is 0.955. The predicted molar refractivity (Wildman–Crippen MR) is 89.6 cm³/mol. The SMILES string of the molecule is CN1CCc2cc(CNc3ccc(Br)cc3C#N)ccc21. The van der Waals surface area contributed by atoms with E-state index in [1.54, 1.807) is 0 Å². The van der Waals surface area contributed by atoms with Gasteiger partial charge in [-0.25, -0.2) is 0 Å². The van der Waals surface area contributed by atoms with E-state index in [9.17, 15) is 5.26 Å². The smallest absolute Gasteiger partial charge is 0.101 e. The number of hydrogen-bond donors (Lipinski definition) is 1. The number of halogens is 1. The Morgan fingerprint density at radius 2 is 2.14 bits per heavy atom. The van der Waals surface area contributed by atoms with Gasteiger partial charge in [0.15, 0.2) is 0 Å². The highest BCUT2D eigenvalue weighted by Crippen LogP contribution is 2.28. The maximum absolute atomic E-state index is 9.18. The fourth-order valence-corrected chi connectivity index (χ4v) is 3.05. The van der Waals surface area contributed by atoms with Crippen LogP contribution in [0.1, 0.15) is 16.7 Å². The van der Waals surface area contributed by atoms with Crippen molar-refractivity contribution >= 4 is 27.3 Å². The Balaban J connectivity index is 1.76. The number of rotatable bonds is 3. The van der Waals surface area contributed by atoms with Gasteiger partial charge in [0.05, 0.1) is 11.3 Å². The van der Waals surface area contributed by atoms with Gasteiger partial charge in [-0.1, -0.05) is 28.1 Å². The minimum Gasteiger partial charge on any atom is -0.380 e. The van der Waals surface area contributed by atoms with Crippen LogP contribution in [-0.2, 0) is 13.0 Å². The molecule has 0 aromatic heterocycles. The number of anilines is 2. The Labute approximate surface area is 133 Å². The second kappa shape index (κ2) is 5.79. The molecule has 106 valence electrons. The summed E-state index contributed by atoms with van der Waals surface area (Å²) in [6.07, 6.45) is 1.11. The molecule has 4 heteroatoms. The van der Waals surface area contributed by atoms with Gasteiger partial charge >= 0.3 is 0 Å².